The highest BCUT2D eigenvalue weighted by Gasteiger charge is 2.29. The Balaban J connectivity index is 1.59. The molecule has 1 aromatic heterocycles. The van der Waals surface area contributed by atoms with Gasteiger partial charge in [-0.1, -0.05) is 29.5 Å². The molecule has 1 fully saturated rings. The zero-order valence-electron chi connectivity index (χ0n) is 12.9. The molecule has 0 saturated carbocycles. The van der Waals surface area contributed by atoms with Crippen LogP contribution in [0.15, 0.2) is 29.8 Å². The molecule has 1 aromatic carbocycles. The first-order chi connectivity index (χ1) is 11.6. The second-order valence-electron chi connectivity index (χ2n) is 5.68. The van der Waals surface area contributed by atoms with Gasteiger partial charge in [0.1, 0.15) is 11.3 Å². The lowest BCUT2D eigenvalue weighted by molar-refractivity contribution is -0.134. The van der Waals surface area contributed by atoms with Crippen molar-refractivity contribution in [2.75, 3.05) is 18.4 Å². The Morgan fingerprint density at radius 3 is 2.96 bits per heavy atom. The highest BCUT2D eigenvalue weighted by atomic mass is 32.1. The van der Waals surface area contributed by atoms with Gasteiger partial charge in [-0.15, -0.1) is 10.2 Å². The smallest absolute Gasteiger partial charge is 0.231 e. The van der Waals surface area contributed by atoms with Gasteiger partial charge in [-0.3, -0.25) is 9.59 Å². The summed E-state index contributed by atoms with van der Waals surface area (Å²) in [5, 5.41) is 10.6. The van der Waals surface area contributed by atoms with Gasteiger partial charge in [0.2, 0.25) is 16.9 Å². The van der Waals surface area contributed by atoms with Crippen molar-refractivity contribution in [2.45, 2.75) is 19.3 Å². The van der Waals surface area contributed by atoms with Crippen LogP contribution in [-0.4, -0.2) is 40.0 Å². The van der Waals surface area contributed by atoms with Crippen LogP contribution in [0.4, 0.5) is 9.52 Å². The summed E-state index contributed by atoms with van der Waals surface area (Å²) in [5.74, 6) is -0.982. The summed E-state index contributed by atoms with van der Waals surface area (Å²) in [5.41, 5.74) is 1.92. The van der Waals surface area contributed by atoms with Gasteiger partial charge in [-0.25, -0.2) is 4.39 Å². The summed E-state index contributed by atoms with van der Waals surface area (Å²) in [6.45, 7) is 0.938. The quantitative estimate of drug-likeness (QED) is 0.918. The number of carbonyl (C=O) groups excluding carboxylic acids is 2. The van der Waals surface area contributed by atoms with Crippen LogP contribution in [0.3, 0.4) is 0 Å². The molecule has 0 bridgehead atoms. The molecule has 1 aliphatic heterocycles. The van der Waals surface area contributed by atoms with Gasteiger partial charge in [0.05, 0.1) is 12.3 Å². The summed E-state index contributed by atoms with van der Waals surface area (Å²) in [7, 11) is 0. The summed E-state index contributed by atoms with van der Waals surface area (Å²) in [4.78, 5) is 26.3. The maximum Gasteiger partial charge on any atom is 0.231 e. The fraction of sp³-hybridized carbons (Fsp3) is 0.375. The van der Waals surface area contributed by atoms with Crippen molar-refractivity contribution in [1.29, 1.82) is 0 Å². The highest BCUT2D eigenvalue weighted by molar-refractivity contribution is 7.13. The molecule has 0 unspecified atom stereocenters. The fourth-order valence-corrected chi connectivity index (χ4v) is 3.22. The average Bonchev–Trinajstić information content (AvgIpc) is 3.10. The van der Waals surface area contributed by atoms with E-state index >= 15 is 0 Å². The Labute approximate surface area is 142 Å². The Morgan fingerprint density at radius 1 is 1.38 bits per heavy atom. The first-order valence-corrected chi connectivity index (χ1v) is 8.59. The van der Waals surface area contributed by atoms with Crippen LogP contribution >= 0.6 is 11.3 Å². The molecule has 24 heavy (non-hydrogen) atoms. The second kappa shape index (κ2) is 7.48. The minimum absolute atomic E-state index is 0.0113. The molecule has 2 heterocycles. The van der Waals surface area contributed by atoms with Crippen LogP contribution in [0.5, 0.6) is 0 Å². The molecule has 0 spiro atoms. The maximum atomic E-state index is 13.7. The zero-order valence-corrected chi connectivity index (χ0v) is 13.8. The number of halogens is 1. The SMILES string of the molecule is O=C(Nc1nncs1)[C@H]1CCCN(C(=O)Cc2ccccc2F)C1. The van der Waals surface area contributed by atoms with Crippen LogP contribution in [-0.2, 0) is 16.0 Å². The molecule has 0 radical (unpaired) electrons. The molecule has 2 amide bonds. The summed E-state index contributed by atoms with van der Waals surface area (Å²) >= 11 is 1.25. The Kier molecular flexibility index (Phi) is 5.14. The molecule has 0 aliphatic carbocycles. The van der Waals surface area contributed by atoms with Crippen molar-refractivity contribution in [2.24, 2.45) is 5.92 Å². The third kappa shape index (κ3) is 3.94. The van der Waals surface area contributed by atoms with Crippen molar-refractivity contribution in [1.82, 2.24) is 15.1 Å². The third-order valence-electron chi connectivity index (χ3n) is 4.03. The summed E-state index contributed by atoms with van der Waals surface area (Å²) < 4.78 is 13.7. The summed E-state index contributed by atoms with van der Waals surface area (Å²) in [6, 6.07) is 6.26. The molecule has 1 atom stereocenters. The summed E-state index contributed by atoms with van der Waals surface area (Å²) in [6.07, 6.45) is 1.47. The van der Waals surface area contributed by atoms with E-state index < -0.39 is 0 Å². The fourth-order valence-electron chi connectivity index (χ4n) is 2.77. The number of carbonyl (C=O) groups is 2. The minimum atomic E-state index is -0.381. The van der Waals surface area contributed by atoms with Gasteiger partial charge in [-0.05, 0) is 24.5 Å². The number of hydrogen-bond acceptors (Lipinski definition) is 5. The molecule has 3 rings (SSSR count). The Hall–Kier alpha value is -2.35. The number of piperidine rings is 1. The molecule has 1 N–H and O–H groups in total. The van der Waals surface area contributed by atoms with Crippen molar-refractivity contribution < 1.29 is 14.0 Å². The van der Waals surface area contributed by atoms with Crippen LogP contribution in [0.2, 0.25) is 0 Å². The Morgan fingerprint density at radius 2 is 2.21 bits per heavy atom. The number of likely N-dealkylation sites (tertiary alicyclic amines) is 1. The monoisotopic (exact) mass is 348 g/mol. The van der Waals surface area contributed by atoms with Crippen LogP contribution < -0.4 is 5.32 Å². The number of rotatable bonds is 4. The number of aromatic nitrogens is 2. The van der Waals surface area contributed by atoms with E-state index in [1.165, 1.54) is 17.4 Å². The van der Waals surface area contributed by atoms with Gasteiger partial charge in [-0.2, -0.15) is 0 Å². The molecule has 8 heteroatoms. The van der Waals surface area contributed by atoms with Crippen LogP contribution in [0.25, 0.3) is 0 Å². The van der Waals surface area contributed by atoms with E-state index in [0.29, 0.717) is 30.2 Å². The number of anilines is 1. The first kappa shape index (κ1) is 16.5. The van der Waals surface area contributed by atoms with Gasteiger partial charge in [0, 0.05) is 13.1 Å². The second-order valence-corrected chi connectivity index (χ2v) is 6.51. The zero-order chi connectivity index (χ0) is 16.9. The van der Waals surface area contributed by atoms with Gasteiger partial charge < -0.3 is 10.2 Å². The predicted molar refractivity (Wildman–Crippen MR) is 87.9 cm³/mol. The molecule has 1 aliphatic rings. The van der Waals surface area contributed by atoms with Crippen LogP contribution in [0.1, 0.15) is 18.4 Å². The number of hydrogen-bond donors (Lipinski definition) is 1. The largest absolute Gasteiger partial charge is 0.342 e. The lowest BCUT2D eigenvalue weighted by Gasteiger charge is -2.32. The number of nitrogens with zero attached hydrogens (tertiary/aromatic N) is 3. The van der Waals surface area contributed by atoms with Gasteiger partial charge in [0.25, 0.3) is 0 Å². The van der Waals surface area contributed by atoms with Gasteiger partial charge >= 0.3 is 0 Å². The van der Waals surface area contributed by atoms with Crippen molar-refractivity contribution >= 4 is 28.3 Å². The third-order valence-corrected chi connectivity index (χ3v) is 4.64. The van der Waals surface area contributed by atoms with E-state index in [9.17, 15) is 14.0 Å². The van der Waals surface area contributed by atoms with Gasteiger partial charge in [0.15, 0.2) is 0 Å². The average molecular weight is 348 g/mol. The topological polar surface area (TPSA) is 75.2 Å². The van der Waals surface area contributed by atoms with E-state index in [1.54, 1.807) is 28.6 Å². The predicted octanol–water partition coefficient (Wildman–Crippen LogP) is 2.10. The number of nitrogens with one attached hydrogen (secondary N) is 1. The molecule has 2 aromatic rings. The van der Waals surface area contributed by atoms with Crippen molar-refractivity contribution in [3.05, 3.63) is 41.2 Å². The molecule has 6 nitrogen and oxygen atoms in total. The van der Waals surface area contributed by atoms with E-state index in [-0.39, 0.29) is 30.0 Å². The Bertz CT molecular complexity index is 723. The molecule has 1 saturated heterocycles. The minimum Gasteiger partial charge on any atom is -0.342 e. The van der Waals surface area contributed by atoms with Crippen molar-refractivity contribution in [3.8, 4) is 0 Å². The van der Waals surface area contributed by atoms with E-state index in [0.717, 1.165) is 6.42 Å². The van der Waals surface area contributed by atoms with E-state index in [1.807, 2.05) is 0 Å². The van der Waals surface area contributed by atoms with E-state index in [4.69, 9.17) is 0 Å². The number of benzene rings is 1. The number of amides is 2. The van der Waals surface area contributed by atoms with Crippen LogP contribution in [0, 0.1) is 11.7 Å². The highest BCUT2D eigenvalue weighted by Crippen LogP contribution is 2.20. The first-order valence-electron chi connectivity index (χ1n) is 7.71. The standard InChI is InChI=1S/C16H17FN4O2S/c17-13-6-2-1-4-11(13)8-14(22)21-7-3-5-12(9-21)15(23)19-16-20-18-10-24-16/h1-2,4,6,10,12H,3,5,7-9H2,(H,19,20,23)/t12-/m0/s1. The van der Waals surface area contributed by atoms with Crippen molar-refractivity contribution in [3.63, 3.8) is 0 Å². The maximum absolute atomic E-state index is 13.7. The normalized spacial score (nSPS) is 17.5. The lowest BCUT2D eigenvalue weighted by Crippen LogP contribution is -2.44. The molecular formula is C16H17FN4O2S. The van der Waals surface area contributed by atoms with E-state index in [2.05, 4.69) is 15.5 Å². The molecular weight excluding hydrogens is 331 g/mol. The lowest BCUT2D eigenvalue weighted by atomic mass is 9.96. The molecule has 126 valence electrons.